The maximum absolute atomic E-state index is 12.5. The van der Waals surface area contributed by atoms with E-state index in [0.29, 0.717) is 28.5 Å². The Morgan fingerprint density at radius 2 is 2.03 bits per heavy atom. The first-order valence-corrected chi connectivity index (χ1v) is 11.2. The molecule has 2 atom stereocenters. The van der Waals surface area contributed by atoms with E-state index in [4.69, 9.17) is 21.1 Å². The highest BCUT2D eigenvalue weighted by molar-refractivity contribution is 6.31. The van der Waals surface area contributed by atoms with Crippen molar-refractivity contribution >= 4 is 17.5 Å². The van der Waals surface area contributed by atoms with E-state index in [9.17, 15) is 9.59 Å². The molecule has 174 valence electrons. The van der Waals surface area contributed by atoms with Crippen molar-refractivity contribution in [3.05, 3.63) is 87.4 Å². The lowest BCUT2D eigenvalue weighted by molar-refractivity contribution is -0.124. The SMILES string of the molecule is C=C(/C=C\C(Cl)=C/C)[C@@H]1O[C@@H](CC(=O)NCC)c2cc(=O)n(C)cc2-c2ccc(OC)cc21. The van der Waals surface area contributed by atoms with Gasteiger partial charge in [-0.25, -0.2) is 0 Å². The third-order valence-electron chi connectivity index (χ3n) is 5.55. The van der Waals surface area contributed by atoms with Crippen LogP contribution >= 0.6 is 11.6 Å². The molecule has 0 bridgehead atoms. The minimum absolute atomic E-state index is 0.0717. The van der Waals surface area contributed by atoms with Crippen molar-refractivity contribution in [2.75, 3.05) is 13.7 Å². The standard InChI is InChI=1S/C26H29ClN2O4/c1-6-17(27)9-8-16(3)26-21-12-18(32-5)10-11-19(21)22-15-29(4)25(31)13-20(22)23(33-26)14-24(30)28-7-2/h6,8-13,15,23,26H,3,7,14H2,1-2,4-5H3,(H,28,30)/b9-8-,17-6+/t23-,26-/m0/s1. The summed E-state index contributed by atoms with van der Waals surface area (Å²) >= 11 is 6.15. The number of pyridine rings is 1. The van der Waals surface area contributed by atoms with Crippen LogP contribution in [0.3, 0.4) is 0 Å². The Bertz CT molecular complexity index is 1180. The molecule has 0 unspecified atom stereocenters. The van der Waals surface area contributed by atoms with Gasteiger partial charge in [-0.2, -0.15) is 0 Å². The van der Waals surface area contributed by atoms with Gasteiger partial charge < -0.3 is 19.4 Å². The summed E-state index contributed by atoms with van der Waals surface area (Å²) in [7, 11) is 3.30. The molecule has 33 heavy (non-hydrogen) atoms. The molecule has 0 saturated heterocycles. The number of fused-ring (bicyclic) bond motifs is 3. The summed E-state index contributed by atoms with van der Waals surface area (Å²) in [5.74, 6) is 0.508. The van der Waals surface area contributed by atoms with Crippen molar-refractivity contribution in [1.82, 2.24) is 9.88 Å². The van der Waals surface area contributed by atoms with E-state index in [1.807, 2.05) is 32.0 Å². The third-order valence-corrected chi connectivity index (χ3v) is 5.90. The Kier molecular flexibility index (Phi) is 7.95. The van der Waals surface area contributed by atoms with E-state index < -0.39 is 12.2 Å². The van der Waals surface area contributed by atoms with Gasteiger partial charge in [-0.05, 0) is 54.3 Å². The van der Waals surface area contributed by atoms with Crippen molar-refractivity contribution in [1.29, 1.82) is 0 Å². The molecule has 1 aromatic heterocycles. The number of ether oxygens (including phenoxy) is 2. The number of nitrogens with zero attached hydrogens (tertiary/aromatic N) is 1. The van der Waals surface area contributed by atoms with Crippen molar-refractivity contribution in [3.8, 4) is 16.9 Å². The normalized spacial score (nSPS) is 17.8. The number of methoxy groups -OCH3 is 1. The molecule has 1 amide bonds. The Balaban J connectivity index is 2.22. The second-order valence-electron chi connectivity index (χ2n) is 7.79. The molecule has 3 rings (SSSR count). The van der Waals surface area contributed by atoms with Crippen LogP contribution in [0.25, 0.3) is 11.1 Å². The monoisotopic (exact) mass is 468 g/mol. The van der Waals surface area contributed by atoms with E-state index in [1.54, 1.807) is 44.6 Å². The largest absolute Gasteiger partial charge is 0.497 e. The molecule has 0 fully saturated rings. The predicted octanol–water partition coefficient (Wildman–Crippen LogP) is 4.95. The average Bonchev–Trinajstić information content (AvgIpc) is 2.92. The zero-order chi connectivity index (χ0) is 24.1. The van der Waals surface area contributed by atoms with Crippen LogP contribution in [0.4, 0.5) is 0 Å². The molecule has 6 nitrogen and oxygen atoms in total. The molecule has 1 aromatic carbocycles. The maximum Gasteiger partial charge on any atom is 0.250 e. The number of amides is 1. The predicted molar refractivity (Wildman–Crippen MR) is 131 cm³/mol. The molecular weight excluding hydrogens is 440 g/mol. The quantitative estimate of drug-likeness (QED) is 0.583. The third kappa shape index (κ3) is 5.46. The van der Waals surface area contributed by atoms with Crippen LogP contribution in [0.1, 0.15) is 43.6 Å². The van der Waals surface area contributed by atoms with Crippen LogP contribution in [-0.2, 0) is 16.6 Å². The van der Waals surface area contributed by atoms with Crippen LogP contribution in [0.5, 0.6) is 5.75 Å². The minimum Gasteiger partial charge on any atom is -0.497 e. The number of hydrogen-bond donors (Lipinski definition) is 1. The molecule has 1 aliphatic heterocycles. The van der Waals surface area contributed by atoms with Crippen LogP contribution in [0.2, 0.25) is 0 Å². The van der Waals surface area contributed by atoms with E-state index >= 15 is 0 Å². The van der Waals surface area contributed by atoms with Crippen molar-refractivity contribution in [2.24, 2.45) is 7.05 Å². The number of benzene rings is 1. The second kappa shape index (κ2) is 10.7. The molecule has 2 aromatic rings. The van der Waals surface area contributed by atoms with Gasteiger partial charge in [0, 0.05) is 36.5 Å². The minimum atomic E-state index is -0.647. The van der Waals surface area contributed by atoms with Crippen LogP contribution < -0.4 is 15.6 Å². The first kappa shape index (κ1) is 24.6. The fraction of sp³-hybridized carbons (Fsp3) is 0.308. The molecule has 2 heterocycles. The molecule has 7 heteroatoms. The molecular formula is C26H29ClN2O4. The van der Waals surface area contributed by atoms with Gasteiger partial charge in [0.25, 0.3) is 5.56 Å². The zero-order valence-corrected chi connectivity index (χ0v) is 20.1. The Morgan fingerprint density at radius 3 is 2.70 bits per heavy atom. The van der Waals surface area contributed by atoms with Gasteiger partial charge in [-0.1, -0.05) is 36.4 Å². The Morgan fingerprint density at radius 1 is 1.27 bits per heavy atom. The highest BCUT2D eigenvalue weighted by Crippen LogP contribution is 2.46. The van der Waals surface area contributed by atoms with E-state index in [-0.39, 0.29) is 17.9 Å². The van der Waals surface area contributed by atoms with Crippen molar-refractivity contribution < 1.29 is 14.3 Å². The van der Waals surface area contributed by atoms with Gasteiger partial charge in [0.15, 0.2) is 0 Å². The Labute approximate surface area is 199 Å². The number of carbonyl (C=O) groups is 1. The Hall–Kier alpha value is -3.09. The summed E-state index contributed by atoms with van der Waals surface area (Å²) in [5.41, 5.74) is 3.70. The number of carbonyl (C=O) groups excluding carboxylic acids is 1. The summed E-state index contributed by atoms with van der Waals surface area (Å²) in [6, 6.07) is 7.26. The topological polar surface area (TPSA) is 69.6 Å². The molecule has 0 spiro atoms. The fourth-order valence-electron chi connectivity index (χ4n) is 3.83. The van der Waals surface area contributed by atoms with Gasteiger partial charge in [-0.3, -0.25) is 9.59 Å². The van der Waals surface area contributed by atoms with Crippen molar-refractivity contribution in [3.63, 3.8) is 0 Å². The first-order valence-electron chi connectivity index (χ1n) is 10.8. The van der Waals surface area contributed by atoms with Crippen LogP contribution in [-0.4, -0.2) is 24.1 Å². The lowest BCUT2D eigenvalue weighted by atomic mass is 9.91. The fourth-order valence-corrected chi connectivity index (χ4v) is 3.89. The summed E-state index contributed by atoms with van der Waals surface area (Å²) in [6.07, 6.45) is 5.95. The summed E-state index contributed by atoms with van der Waals surface area (Å²) in [4.78, 5) is 25.1. The van der Waals surface area contributed by atoms with Gasteiger partial charge in [0.2, 0.25) is 5.91 Å². The summed E-state index contributed by atoms with van der Waals surface area (Å²) < 4.78 is 13.5. The average molecular weight is 469 g/mol. The van der Waals surface area contributed by atoms with Crippen LogP contribution in [0.15, 0.2) is 70.7 Å². The number of halogens is 1. The second-order valence-corrected chi connectivity index (χ2v) is 8.23. The number of aromatic nitrogens is 1. The molecule has 1 aliphatic rings. The highest BCUT2D eigenvalue weighted by Gasteiger charge is 2.32. The van der Waals surface area contributed by atoms with E-state index in [1.165, 1.54) is 4.57 Å². The molecule has 0 saturated carbocycles. The molecule has 1 N–H and O–H groups in total. The van der Waals surface area contributed by atoms with Crippen molar-refractivity contribution in [2.45, 2.75) is 32.5 Å². The van der Waals surface area contributed by atoms with E-state index in [0.717, 1.165) is 16.7 Å². The number of aryl methyl sites for hydroxylation is 1. The van der Waals surface area contributed by atoms with Gasteiger partial charge >= 0.3 is 0 Å². The smallest absolute Gasteiger partial charge is 0.250 e. The van der Waals surface area contributed by atoms with Gasteiger partial charge in [-0.15, -0.1) is 0 Å². The summed E-state index contributed by atoms with van der Waals surface area (Å²) in [5, 5.41) is 3.39. The lowest BCUT2D eigenvalue weighted by Gasteiger charge is -2.24. The first-order chi connectivity index (χ1) is 15.8. The van der Waals surface area contributed by atoms with Crippen LogP contribution in [0, 0.1) is 0 Å². The molecule has 0 radical (unpaired) electrons. The maximum atomic E-state index is 12.5. The number of hydrogen-bond acceptors (Lipinski definition) is 4. The number of rotatable bonds is 7. The number of allylic oxidation sites excluding steroid dienone is 3. The zero-order valence-electron chi connectivity index (χ0n) is 19.4. The van der Waals surface area contributed by atoms with E-state index in [2.05, 4.69) is 11.9 Å². The lowest BCUT2D eigenvalue weighted by Crippen LogP contribution is -2.26. The molecule has 0 aliphatic carbocycles. The summed E-state index contributed by atoms with van der Waals surface area (Å²) in [6.45, 7) is 8.43. The highest BCUT2D eigenvalue weighted by atomic mass is 35.5. The van der Waals surface area contributed by atoms with Gasteiger partial charge in [0.1, 0.15) is 11.9 Å². The van der Waals surface area contributed by atoms with Gasteiger partial charge in [0.05, 0.1) is 19.6 Å². The number of nitrogens with one attached hydrogen (secondary N) is 1.